The Morgan fingerprint density at radius 1 is 1.35 bits per heavy atom. The molecule has 108 valence electrons. The number of amides is 1. The molecule has 0 aromatic heterocycles. The SMILES string of the molecule is O=C(O)c1cccc(C(=O)NCCC[C@H]2CCOC2)c1. The van der Waals surface area contributed by atoms with Crippen molar-refractivity contribution in [3.05, 3.63) is 35.4 Å². The van der Waals surface area contributed by atoms with Gasteiger partial charge >= 0.3 is 5.97 Å². The lowest BCUT2D eigenvalue weighted by Gasteiger charge is -2.08. The number of carboxylic acid groups (broad SMARTS) is 1. The van der Waals surface area contributed by atoms with Crippen LogP contribution >= 0.6 is 0 Å². The summed E-state index contributed by atoms with van der Waals surface area (Å²) >= 11 is 0. The van der Waals surface area contributed by atoms with Crippen LogP contribution in [0.1, 0.15) is 40.0 Å². The maximum atomic E-state index is 11.9. The highest BCUT2D eigenvalue weighted by Gasteiger charge is 2.15. The van der Waals surface area contributed by atoms with Gasteiger partial charge in [0.2, 0.25) is 0 Å². The van der Waals surface area contributed by atoms with Gasteiger partial charge in [-0.05, 0) is 43.4 Å². The van der Waals surface area contributed by atoms with Gasteiger partial charge in [-0.15, -0.1) is 0 Å². The predicted molar refractivity (Wildman–Crippen MR) is 73.9 cm³/mol. The minimum Gasteiger partial charge on any atom is -0.478 e. The van der Waals surface area contributed by atoms with E-state index in [1.54, 1.807) is 12.1 Å². The second-order valence-electron chi connectivity index (χ2n) is 5.01. The van der Waals surface area contributed by atoms with Crippen LogP contribution in [0, 0.1) is 5.92 Å². The van der Waals surface area contributed by atoms with Crippen LogP contribution in [0.4, 0.5) is 0 Å². The first-order valence-corrected chi connectivity index (χ1v) is 6.86. The molecule has 0 bridgehead atoms. The Morgan fingerprint density at radius 3 is 2.85 bits per heavy atom. The molecule has 1 saturated heterocycles. The zero-order chi connectivity index (χ0) is 14.4. The van der Waals surface area contributed by atoms with Crippen LogP contribution in [0.25, 0.3) is 0 Å². The van der Waals surface area contributed by atoms with E-state index in [2.05, 4.69) is 5.32 Å². The summed E-state index contributed by atoms with van der Waals surface area (Å²) in [4.78, 5) is 22.7. The van der Waals surface area contributed by atoms with Crippen molar-refractivity contribution < 1.29 is 19.4 Å². The van der Waals surface area contributed by atoms with Crippen LogP contribution in [0.5, 0.6) is 0 Å². The van der Waals surface area contributed by atoms with E-state index in [0.29, 0.717) is 18.0 Å². The van der Waals surface area contributed by atoms with E-state index in [4.69, 9.17) is 9.84 Å². The molecule has 5 nitrogen and oxygen atoms in total. The van der Waals surface area contributed by atoms with Crippen molar-refractivity contribution in [2.24, 2.45) is 5.92 Å². The second kappa shape index (κ2) is 7.05. The summed E-state index contributed by atoms with van der Waals surface area (Å²) in [6.45, 7) is 2.28. The summed E-state index contributed by atoms with van der Waals surface area (Å²) in [6.07, 6.45) is 3.07. The lowest BCUT2D eigenvalue weighted by Crippen LogP contribution is -2.25. The third-order valence-corrected chi connectivity index (χ3v) is 3.47. The van der Waals surface area contributed by atoms with E-state index in [-0.39, 0.29) is 11.5 Å². The summed E-state index contributed by atoms with van der Waals surface area (Å²) in [5.41, 5.74) is 0.509. The number of carbonyl (C=O) groups excluding carboxylic acids is 1. The summed E-state index contributed by atoms with van der Waals surface area (Å²) in [5, 5.41) is 11.7. The van der Waals surface area contributed by atoms with Crippen molar-refractivity contribution >= 4 is 11.9 Å². The molecule has 0 spiro atoms. The number of benzene rings is 1. The average Bonchev–Trinajstić information content (AvgIpc) is 2.96. The molecule has 2 rings (SSSR count). The number of hydrogen-bond acceptors (Lipinski definition) is 3. The van der Waals surface area contributed by atoms with Gasteiger partial charge in [0.25, 0.3) is 5.91 Å². The van der Waals surface area contributed by atoms with Gasteiger partial charge in [0.1, 0.15) is 0 Å². The molecule has 1 aromatic carbocycles. The highest BCUT2D eigenvalue weighted by Crippen LogP contribution is 2.17. The molecule has 1 heterocycles. The normalized spacial score (nSPS) is 17.9. The van der Waals surface area contributed by atoms with E-state index in [9.17, 15) is 9.59 Å². The third-order valence-electron chi connectivity index (χ3n) is 3.47. The van der Waals surface area contributed by atoms with Gasteiger partial charge in [0.15, 0.2) is 0 Å². The van der Waals surface area contributed by atoms with E-state index in [1.807, 2.05) is 0 Å². The molecule has 1 atom stereocenters. The first-order chi connectivity index (χ1) is 9.66. The molecule has 0 radical (unpaired) electrons. The lowest BCUT2D eigenvalue weighted by atomic mass is 10.0. The van der Waals surface area contributed by atoms with Gasteiger partial charge in [-0.25, -0.2) is 4.79 Å². The minimum atomic E-state index is -1.03. The van der Waals surface area contributed by atoms with E-state index >= 15 is 0 Å². The standard InChI is InChI=1S/C15H19NO4/c17-14(12-4-1-5-13(9-12)15(18)19)16-7-2-3-11-6-8-20-10-11/h1,4-5,9,11H,2-3,6-8,10H2,(H,16,17)(H,18,19)/t11-/m0/s1. The van der Waals surface area contributed by atoms with Crippen LogP contribution < -0.4 is 5.32 Å². The first-order valence-electron chi connectivity index (χ1n) is 6.86. The zero-order valence-electron chi connectivity index (χ0n) is 11.3. The molecule has 1 amide bonds. The third kappa shape index (κ3) is 4.06. The molecule has 1 fully saturated rings. The van der Waals surface area contributed by atoms with Crippen LogP contribution in [-0.2, 0) is 4.74 Å². The molecule has 1 aliphatic heterocycles. The van der Waals surface area contributed by atoms with E-state index in [1.165, 1.54) is 12.1 Å². The molecule has 1 aromatic rings. The molecule has 2 N–H and O–H groups in total. The molecule has 5 heteroatoms. The highest BCUT2D eigenvalue weighted by atomic mass is 16.5. The largest absolute Gasteiger partial charge is 0.478 e. The van der Waals surface area contributed by atoms with Gasteiger partial charge in [0, 0.05) is 25.3 Å². The summed E-state index contributed by atoms with van der Waals surface area (Å²) < 4.78 is 5.30. The van der Waals surface area contributed by atoms with Gasteiger partial charge in [-0.3, -0.25) is 4.79 Å². The number of ether oxygens (including phenoxy) is 1. The summed E-state index contributed by atoms with van der Waals surface area (Å²) in [7, 11) is 0. The molecule has 0 aliphatic carbocycles. The highest BCUT2D eigenvalue weighted by molar-refractivity contribution is 5.97. The Labute approximate surface area is 117 Å². The van der Waals surface area contributed by atoms with Crippen molar-refractivity contribution in [1.82, 2.24) is 5.32 Å². The topological polar surface area (TPSA) is 75.6 Å². The van der Waals surface area contributed by atoms with E-state index < -0.39 is 5.97 Å². The number of aromatic carboxylic acids is 1. The number of nitrogens with one attached hydrogen (secondary N) is 1. The number of hydrogen-bond donors (Lipinski definition) is 2. The molecule has 20 heavy (non-hydrogen) atoms. The Morgan fingerprint density at radius 2 is 2.15 bits per heavy atom. The van der Waals surface area contributed by atoms with Crippen LogP contribution in [0.2, 0.25) is 0 Å². The fourth-order valence-corrected chi connectivity index (χ4v) is 2.30. The molecular formula is C15H19NO4. The fraction of sp³-hybridized carbons (Fsp3) is 0.467. The van der Waals surface area contributed by atoms with Crippen molar-refractivity contribution in [1.29, 1.82) is 0 Å². The fourth-order valence-electron chi connectivity index (χ4n) is 2.30. The second-order valence-corrected chi connectivity index (χ2v) is 5.01. The van der Waals surface area contributed by atoms with Gasteiger partial charge < -0.3 is 15.2 Å². The number of carbonyl (C=O) groups is 2. The van der Waals surface area contributed by atoms with Crippen LogP contribution in [0.15, 0.2) is 24.3 Å². The Bertz CT molecular complexity index is 481. The smallest absolute Gasteiger partial charge is 0.335 e. The molecule has 0 saturated carbocycles. The minimum absolute atomic E-state index is 0.126. The quantitative estimate of drug-likeness (QED) is 0.779. The van der Waals surface area contributed by atoms with Crippen LogP contribution in [0.3, 0.4) is 0 Å². The Kier molecular flexibility index (Phi) is 5.12. The average molecular weight is 277 g/mol. The van der Waals surface area contributed by atoms with Crippen LogP contribution in [-0.4, -0.2) is 36.7 Å². The molecule has 0 unspecified atom stereocenters. The van der Waals surface area contributed by atoms with Gasteiger partial charge in [0.05, 0.1) is 5.56 Å². The predicted octanol–water partition coefficient (Wildman–Crippen LogP) is 1.93. The Balaban J connectivity index is 1.76. The number of carboxylic acids is 1. The Hall–Kier alpha value is -1.88. The maximum absolute atomic E-state index is 11.9. The molecular weight excluding hydrogens is 258 g/mol. The van der Waals surface area contributed by atoms with Crippen molar-refractivity contribution in [2.75, 3.05) is 19.8 Å². The number of rotatable bonds is 6. The lowest BCUT2D eigenvalue weighted by molar-refractivity contribution is 0.0697. The summed E-state index contributed by atoms with van der Waals surface area (Å²) in [5.74, 6) is -0.640. The van der Waals surface area contributed by atoms with Gasteiger partial charge in [-0.1, -0.05) is 6.07 Å². The molecule has 1 aliphatic rings. The van der Waals surface area contributed by atoms with Gasteiger partial charge in [-0.2, -0.15) is 0 Å². The van der Waals surface area contributed by atoms with E-state index in [0.717, 1.165) is 32.5 Å². The van der Waals surface area contributed by atoms with Crippen molar-refractivity contribution in [3.8, 4) is 0 Å². The first kappa shape index (κ1) is 14.5. The monoisotopic (exact) mass is 277 g/mol. The maximum Gasteiger partial charge on any atom is 0.335 e. The van der Waals surface area contributed by atoms with Crippen molar-refractivity contribution in [3.63, 3.8) is 0 Å². The van der Waals surface area contributed by atoms with Crippen molar-refractivity contribution in [2.45, 2.75) is 19.3 Å². The summed E-state index contributed by atoms with van der Waals surface area (Å²) in [6, 6.07) is 6.06. The zero-order valence-corrected chi connectivity index (χ0v) is 11.3.